The fraction of sp³-hybridized carbons (Fsp3) is 0.400. The lowest BCUT2D eigenvalue weighted by Crippen LogP contribution is -2.29. The number of hydrogen-bond acceptors (Lipinski definition) is 3. The molecule has 1 saturated heterocycles. The molecule has 1 aromatic carbocycles. The number of hydrogen-bond donors (Lipinski definition) is 1. The zero-order chi connectivity index (χ0) is 13.2. The van der Waals surface area contributed by atoms with Crippen LogP contribution in [0.5, 0.6) is 0 Å². The number of aromatic nitrogens is 2. The minimum Gasteiger partial charge on any atom is -0.337 e. The second kappa shape index (κ2) is 6.39. The van der Waals surface area contributed by atoms with Gasteiger partial charge in [-0.25, -0.2) is 4.98 Å². The van der Waals surface area contributed by atoms with Gasteiger partial charge in [0.15, 0.2) is 0 Å². The van der Waals surface area contributed by atoms with Gasteiger partial charge in [-0.1, -0.05) is 30.3 Å². The maximum atomic E-state index is 6.30. The number of aryl methyl sites for hydroxylation is 1. The van der Waals surface area contributed by atoms with Crippen LogP contribution in [-0.4, -0.2) is 33.6 Å². The Hall–Kier alpha value is -1.36. The second-order valence-electron chi connectivity index (χ2n) is 5.33. The summed E-state index contributed by atoms with van der Waals surface area (Å²) in [6.45, 7) is 2.82. The molecule has 2 N–H and O–H groups in total. The van der Waals surface area contributed by atoms with Crippen LogP contribution in [-0.2, 0) is 13.6 Å². The highest BCUT2D eigenvalue weighted by Gasteiger charge is 2.31. The average molecular weight is 293 g/mol. The van der Waals surface area contributed by atoms with Gasteiger partial charge in [-0.05, 0) is 5.56 Å². The third kappa shape index (κ3) is 3.03. The Labute approximate surface area is 126 Å². The van der Waals surface area contributed by atoms with Gasteiger partial charge < -0.3 is 10.3 Å². The van der Waals surface area contributed by atoms with Crippen molar-refractivity contribution in [3.8, 4) is 0 Å². The molecule has 1 aliphatic rings. The fourth-order valence-corrected chi connectivity index (χ4v) is 2.84. The van der Waals surface area contributed by atoms with E-state index in [0.29, 0.717) is 5.92 Å². The Balaban J connectivity index is 0.00000147. The maximum absolute atomic E-state index is 6.30. The number of likely N-dealkylation sites (tertiary alicyclic amines) is 1. The van der Waals surface area contributed by atoms with Gasteiger partial charge in [-0.3, -0.25) is 4.90 Å². The van der Waals surface area contributed by atoms with E-state index in [1.807, 2.05) is 19.4 Å². The second-order valence-corrected chi connectivity index (χ2v) is 5.33. The van der Waals surface area contributed by atoms with Crippen LogP contribution in [0.15, 0.2) is 42.7 Å². The molecule has 0 radical (unpaired) electrons. The molecule has 20 heavy (non-hydrogen) atoms. The van der Waals surface area contributed by atoms with E-state index in [9.17, 15) is 0 Å². The Bertz CT molecular complexity index is 540. The summed E-state index contributed by atoms with van der Waals surface area (Å²) in [5.41, 5.74) is 7.64. The van der Waals surface area contributed by atoms with Crippen molar-refractivity contribution in [2.75, 3.05) is 13.1 Å². The molecule has 108 valence electrons. The lowest BCUT2D eigenvalue weighted by Gasteiger charge is -2.15. The van der Waals surface area contributed by atoms with Gasteiger partial charge in [0.25, 0.3) is 0 Å². The summed E-state index contributed by atoms with van der Waals surface area (Å²) in [5, 5.41) is 0. The molecule has 4 nitrogen and oxygen atoms in total. The molecule has 0 bridgehead atoms. The van der Waals surface area contributed by atoms with Crippen molar-refractivity contribution in [2.24, 2.45) is 12.8 Å². The molecule has 0 amide bonds. The largest absolute Gasteiger partial charge is 0.337 e. The van der Waals surface area contributed by atoms with Crippen LogP contribution in [0, 0.1) is 0 Å². The molecule has 1 fully saturated rings. The van der Waals surface area contributed by atoms with E-state index in [0.717, 1.165) is 25.5 Å². The highest BCUT2D eigenvalue weighted by Crippen LogP contribution is 2.27. The normalized spacial score (nSPS) is 22.7. The van der Waals surface area contributed by atoms with Crippen LogP contribution in [0.4, 0.5) is 0 Å². The smallest absolute Gasteiger partial charge is 0.122 e. The number of imidazole rings is 1. The van der Waals surface area contributed by atoms with Gasteiger partial charge in [0, 0.05) is 44.5 Å². The fourth-order valence-electron chi connectivity index (χ4n) is 2.84. The zero-order valence-electron chi connectivity index (χ0n) is 11.6. The van der Waals surface area contributed by atoms with E-state index in [1.54, 1.807) is 0 Å². The van der Waals surface area contributed by atoms with E-state index in [1.165, 1.54) is 5.56 Å². The molecule has 2 heterocycles. The molecule has 2 atom stereocenters. The van der Waals surface area contributed by atoms with Gasteiger partial charge >= 0.3 is 0 Å². The first-order valence-corrected chi connectivity index (χ1v) is 6.73. The quantitative estimate of drug-likeness (QED) is 0.938. The third-order valence-corrected chi connectivity index (χ3v) is 3.95. The topological polar surface area (TPSA) is 47.1 Å². The standard InChI is InChI=1S/C15H20N4.ClH/c1-18-8-7-17-15(18)11-19-9-13(14(16)10-19)12-5-3-2-4-6-12;/h2-8,13-14H,9-11,16H2,1H3;1H/t13-,14+;/m0./s1. The number of nitrogens with zero attached hydrogens (tertiary/aromatic N) is 3. The number of nitrogens with two attached hydrogens (primary N) is 1. The van der Waals surface area contributed by atoms with Crippen molar-refractivity contribution in [3.05, 3.63) is 54.1 Å². The van der Waals surface area contributed by atoms with Crippen LogP contribution >= 0.6 is 12.4 Å². The Morgan fingerprint density at radius 1 is 1.25 bits per heavy atom. The monoisotopic (exact) mass is 292 g/mol. The predicted molar refractivity (Wildman–Crippen MR) is 82.9 cm³/mol. The lowest BCUT2D eigenvalue weighted by atomic mass is 9.95. The Morgan fingerprint density at radius 2 is 2.00 bits per heavy atom. The Kier molecular flexibility index (Phi) is 4.81. The van der Waals surface area contributed by atoms with Gasteiger partial charge in [0.2, 0.25) is 0 Å². The van der Waals surface area contributed by atoms with Crippen LogP contribution in [0.3, 0.4) is 0 Å². The molecule has 0 spiro atoms. The summed E-state index contributed by atoms with van der Waals surface area (Å²) >= 11 is 0. The van der Waals surface area contributed by atoms with E-state index in [2.05, 4.69) is 44.8 Å². The van der Waals surface area contributed by atoms with E-state index in [-0.39, 0.29) is 18.4 Å². The molecular formula is C15H21ClN4. The summed E-state index contributed by atoms with van der Waals surface area (Å²) in [7, 11) is 2.03. The SMILES string of the molecule is Cl.Cn1ccnc1CN1C[C@@H](N)[C@H](c2ccccc2)C1. The van der Waals surface area contributed by atoms with E-state index >= 15 is 0 Å². The summed E-state index contributed by atoms with van der Waals surface area (Å²) in [4.78, 5) is 6.78. The van der Waals surface area contributed by atoms with E-state index in [4.69, 9.17) is 5.73 Å². The van der Waals surface area contributed by atoms with Crippen LogP contribution in [0.1, 0.15) is 17.3 Å². The van der Waals surface area contributed by atoms with Crippen molar-refractivity contribution in [1.82, 2.24) is 14.5 Å². The third-order valence-electron chi connectivity index (χ3n) is 3.95. The lowest BCUT2D eigenvalue weighted by molar-refractivity contribution is 0.311. The summed E-state index contributed by atoms with van der Waals surface area (Å²) < 4.78 is 2.07. The first-order chi connectivity index (χ1) is 9.24. The van der Waals surface area contributed by atoms with Crippen molar-refractivity contribution >= 4 is 12.4 Å². The minimum absolute atomic E-state index is 0. The van der Waals surface area contributed by atoms with Crippen LogP contribution in [0.2, 0.25) is 0 Å². The molecule has 5 heteroatoms. The number of halogens is 1. The molecule has 2 aromatic rings. The molecule has 0 unspecified atom stereocenters. The van der Waals surface area contributed by atoms with Crippen molar-refractivity contribution in [1.29, 1.82) is 0 Å². The first-order valence-electron chi connectivity index (χ1n) is 6.73. The molecule has 0 saturated carbocycles. The van der Waals surface area contributed by atoms with E-state index < -0.39 is 0 Å². The summed E-state index contributed by atoms with van der Waals surface area (Å²) in [6.07, 6.45) is 3.83. The molecule has 3 rings (SSSR count). The van der Waals surface area contributed by atoms with Crippen molar-refractivity contribution in [3.63, 3.8) is 0 Å². The first kappa shape index (κ1) is 15.0. The van der Waals surface area contributed by atoms with Gasteiger partial charge in [-0.2, -0.15) is 0 Å². The van der Waals surface area contributed by atoms with Gasteiger partial charge in [-0.15, -0.1) is 12.4 Å². The predicted octanol–water partition coefficient (Wildman–Crippen LogP) is 1.77. The molecule has 1 aliphatic heterocycles. The van der Waals surface area contributed by atoms with Crippen molar-refractivity contribution in [2.45, 2.75) is 18.5 Å². The number of rotatable bonds is 3. The average Bonchev–Trinajstić information content (AvgIpc) is 2.98. The minimum atomic E-state index is 0. The molecule has 1 aromatic heterocycles. The van der Waals surface area contributed by atoms with Gasteiger partial charge in [0.1, 0.15) is 5.82 Å². The highest BCUT2D eigenvalue weighted by molar-refractivity contribution is 5.85. The maximum Gasteiger partial charge on any atom is 0.122 e. The summed E-state index contributed by atoms with van der Waals surface area (Å²) in [5.74, 6) is 1.53. The highest BCUT2D eigenvalue weighted by atomic mass is 35.5. The Morgan fingerprint density at radius 3 is 2.65 bits per heavy atom. The summed E-state index contributed by atoms with van der Waals surface area (Å²) in [6, 6.07) is 10.8. The van der Waals surface area contributed by atoms with Crippen LogP contribution in [0.25, 0.3) is 0 Å². The zero-order valence-corrected chi connectivity index (χ0v) is 12.5. The molecule has 0 aliphatic carbocycles. The number of benzene rings is 1. The van der Waals surface area contributed by atoms with Crippen LogP contribution < -0.4 is 5.73 Å². The van der Waals surface area contributed by atoms with Crippen molar-refractivity contribution < 1.29 is 0 Å². The molecular weight excluding hydrogens is 272 g/mol. The van der Waals surface area contributed by atoms with Gasteiger partial charge in [0.05, 0.1) is 6.54 Å².